The predicted molar refractivity (Wildman–Crippen MR) is 120 cm³/mol. The van der Waals surface area contributed by atoms with Gasteiger partial charge in [-0.3, -0.25) is 9.36 Å². The first-order valence-corrected chi connectivity index (χ1v) is 9.57. The highest BCUT2D eigenvalue weighted by atomic mass is 16.1. The first-order chi connectivity index (χ1) is 13.7. The molecule has 0 N–H and O–H groups in total. The summed E-state index contributed by atoms with van der Waals surface area (Å²) >= 11 is 0. The summed E-state index contributed by atoms with van der Waals surface area (Å²) in [7, 11) is 2.10. The topological polar surface area (TPSA) is 25.2 Å². The molecular formula is C25H26N2O. The number of benzene rings is 2. The van der Waals surface area contributed by atoms with Crippen LogP contribution in [0.15, 0.2) is 83.8 Å². The molecule has 0 aliphatic carbocycles. The minimum absolute atomic E-state index is 0.0388. The Morgan fingerprint density at radius 1 is 0.857 bits per heavy atom. The van der Waals surface area contributed by atoms with Gasteiger partial charge in [-0.2, -0.15) is 0 Å². The molecular weight excluding hydrogens is 344 g/mol. The van der Waals surface area contributed by atoms with Gasteiger partial charge in [-0.15, -0.1) is 0 Å². The molecule has 0 fully saturated rings. The highest BCUT2D eigenvalue weighted by molar-refractivity contribution is 5.69. The fourth-order valence-corrected chi connectivity index (χ4v) is 2.81. The second-order valence-corrected chi connectivity index (χ2v) is 6.76. The molecule has 3 aromatic rings. The van der Waals surface area contributed by atoms with Crippen LogP contribution in [0, 0.1) is 0 Å². The van der Waals surface area contributed by atoms with Crippen LogP contribution in [0.5, 0.6) is 0 Å². The minimum atomic E-state index is -0.0388. The summed E-state index contributed by atoms with van der Waals surface area (Å²) in [6, 6.07) is 21.7. The van der Waals surface area contributed by atoms with Crippen molar-refractivity contribution in [3.63, 3.8) is 0 Å². The lowest BCUT2D eigenvalue weighted by Gasteiger charge is -2.09. The molecule has 0 amide bonds. The monoisotopic (exact) mass is 370 g/mol. The Bertz CT molecular complexity index is 999. The lowest BCUT2D eigenvalue weighted by Crippen LogP contribution is -2.17. The quantitative estimate of drug-likeness (QED) is 0.586. The molecule has 28 heavy (non-hydrogen) atoms. The first-order valence-electron chi connectivity index (χ1n) is 9.57. The summed E-state index contributed by atoms with van der Waals surface area (Å²) in [6.45, 7) is 4.10. The molecule has 0 saturated heterocycles. The van der Waals surface area contributed by atoms with Gasteiger partial charge < -0.3 is 4.90 Å². The zero-order valence-corrected chi connectivity index (χ0v) is 16.5. The molecule has 1 heterocycles. The van der Waals surface area contributed by atoms with E-state index in [0.29, 0.717) is 0 Å². The number of hydrogen-bond donors (Lipinski definition) is 0. The maximum atomic E-state index is 12.5. The van der Waals surface area contributed by atoms with Gasteiger partial charge in [0.15, 0.2) is 0 Å². The summed E-state index contributed by atoms with van der Waals surface area (Å²) in [5, 5.41) is 0. The lowest BCUT2D eigenvalue weighted by molar-refractivity contribution is 0.393. The van der Waals surface area contributed by atoms with E-state index < -0.39 is 0 Å². The van der Waals surface area contributed by atoms with Gasteiger partial charge in [0.2, 0.25) is 0 Å². The molecule has 142 valence electrons. The van der Waals surface area contributed by atoms with E-state index in [4.69, 9.17) is 0 Å². The fourth-order valence-electron chi connectivity index (χ4n) is 2.81. The third kappa shape index (κ3) is 5.41. The maximum Gasteiger partial charge on any atom is 0.255 e. The van der Waals surface area contributed by atoms with Gasteiger partial charge in [-0.05, 0) is 48.5 Å². The van der Waals surface area contributed by atoms with Gasteiger partial charge in [0.05, 0.1) is 0 Å². The van der Waals surface area contributed by atoms with Gasteiger partial charge in [-0.1, -0.05) is 73.7 Å². The van der Waals surface area contributed by atoms with Crippen LogP contribution >= 0.6 is 0 Å². The molecule has 0 unspecified atom stereocenters. The van der Waals surface area contributed by atoms with Crippen molar-refractivity contribution < 1.29 is 0 Å². The molecule has 3 heteroatoms. The van der Waals surface area contributed by atoms with E-state index in [-0.39, 0.29) is 5.56 Å². The average Bonchev–Trinajstić information content (AvgIpc) is 2.73. The molecule has 2 aromatic carbocycles. The van der Waals surface area contributed by atoms with Crippen LogP contribution in [-0.4, -0.2) is 29.6 Å². The van der Waals surface area contributed by atoms with Gasteiger partial charge in [-0.25, -0.2) is 0 Å². The summed E-state index contributed by atoms with van der Waals surface area (Å²) in [4.78, 5) is 14.8. The molecule has 0 saturated carbocycles. The molecule has 0 atom stereocenters. The number of nitrogens with zero attached hydrogens (tertiary/aromatic N) is 2. The highest BCUT2D eigenvalue weighted by Gasteiger charge is 2.00. The maximum absolute atomic E-state index is 12.5. The van der Waals surface area contributed by atoms with E-state index in [2.05, 4.69) is 31.0 Å². The van der Waals surface area contributed by atoms with Crippen LogP contribution in [-0.2, 0) is 0 Å². The van der Waals surface area contributed by atoms with Crippen molar-refractivity contribution in [3.05, 3.63) is 106 Å². The Labute approximate surface area is 166 Å². The van der Waals surface area contributed by atoms with Gasteiger partial charge in [0.1, 0.15) is 0 Å². The van der Waals surface area contributed by atoms with E-state index in [9.17, 15) is 4.79 Å². The van der Waals surface area contributed by atoms with Crippen LogP contribution in [0.3, 0.4) is 0 Å². The lowest BCUT2D eigenvalue weighted by atomic mass is 10.1. The third-order valence-corrected chi connectivity index (χ3v) is 4.65. The Morgan fingerprint density at radius 3 is 2.21 bits per heavy atom. The van der Waals surface area contributed by atoms with E-state index in [1.165, 1.54) is 0 Å². The molecule has 0 bridgehead atoms. The molecule has 1 aromatic heterocycles. The fraction of sp³-hybridized carbons (Fsp3) is 0.160. The van der Waals surface area contributed by atoms with Crippen molar-refractivity contribution >= 4 is 18.2 Å². The van der Waals surface area contributed by atoms with E-state index in [0.717, 1.165) is 35.5 Å². The van der Waals surface area contributed by atoms with E-state index in [1.54, 1.807) is 10.6 Å². The SMILES string of the molecule is CCN(C)C/C=C/c1ccc(-n2ccc(C=Cc3ccccc3)cc2=O)cc1. The molecule has 3 nitrogen and oxygen atoms in total. The molecule has 0 spiro atoms. The van der Waals surface area contributed by atoms with Crippen molar-refractivity contribution in [2.75, 3.05) is 20.1 Å². The van der Waals surface area contributed by atoms with Crippen molar-refractivity contribution in [2.24, 2.45) is 0 Å². The molecule has 3 rings (SSSR count). The predicted octanol–water partition coefficient (Wildman–Crippen LogP) is 4.97. The Balaban J connectivity index is 1.72. The largest absolute Gasteiger partial charge is 0.303 e. The molecule has 0 aliphatic heterocycles. The first kappa shape index (κ1) is 19.6. The van der Waals surface area contributed by atoms with Crippen molar-refractivity contribution in [1.29, 1.82) is 0 Å². The third-order valence-electron chi connectivity index (χ3n) is 4.65. The summed E-state index contributed by atoms with van der Waals surface area (Å²) in [6.07, 6.45) is 10.1. The number of likely N-dealkylation sites (N-methyl/N-ethyl adjacent to an activating group) is 1. The van der Waals surface area contributed by atoms with Crippen LogP contribution in [0.4, 0.5) is 0 Å². The number of hydrogen-bond acceptors (Lipinski definition) is 2. The smallest absolute Gasteiger partial charge is 0.255 e. The van der Waals surface area contributed by atoms with Crippen LogP contribution < -0.4 is 5.56 Å². The number of pyridine rings is 1. The normalized spacial score (nSPS) is 11.7. The van der Waals surface area contributed by atoms with Crippen LogP contribution in [0.2, 0.25) is 0 Å². The zero-order chi connectivity index (χ0) is 19.8. The molecule has 0 radical (unpaired) electrons. The Hall–Kier alpha value is -3.17. The van der Waals surface area contributed by atoms with Crippen LogP contribution in [0.1, 0.15) is 23.6 Å². The number of rotatable bonds is 7. The van der Waals surface area contributed by atoms with Crippen molar-refractivity contribution in [1.82, 2.24) is 9.47 Å². The highest BCUT2D eigenvalue weighted by Crippen LogP contribution is 2.11. The average molecular weight is 370 g/mol. The van der Waals surface area contributed by atoms with E-state index >= 15 is 0 Å². The second-order valence-electron chi connectivity index (χ2n) is 6.76. The standard InChI is InChI=1S/C25H26N2O/c1-3-26(2)18-7-10-22-13-15-24(16-14-22)27-19-17-23(20-25(27)28)12-11-21-8-5-4-6-9-21/h4-17,19-20H,3,18H2,1-2H3/b10-7+,12-11?. The summed E-state index contributed by atoms with van der Waals surface area (Å²) < 4.78 is 1.66. The molecule has 0 aliphatic rings. The summed E-state index contributed by atoms with van der Waals surface area (Å²) in [5.41, 5.74) is 3.96. The van der Waals surface area contributed by atoms with Gasteiger partial charge in [0.25, 0.3) is 5.56 Å². The minimum Gasteiger partial charge on any atom is -0.303 e. The second kappa shape index (κ2) is 9.67. The van der Waals surface area contributed by atoms with E-state index in [1.807, 2.05) is 79.0 Å². The van der Waals surface area contributed by atoms with Crippen molar-refractivity contribution in [2.45, 2.75) is 6.92 Å². The van der Waals surface area contributed by atoms with Gasteiger partial charge in [0, 0.05) is 24.5 Å². The Kier molecular flexibility index (Phi) is 6.77. The number of aromatic nitrogens is 1. The summed E-state index contributed by atoms with van der Waals surface area (Å²) in [5.74, 6) is 0. The Morgan fingerprint density at radius 2 is 1.54 bits per heavy atom. The van der Waals surface area contributed by atoms with Gasteiger partial charge >= 0.3 is 0 Å². The van der Waals surface area contributed by atoms with Crippen molar-refractivity contribution in [3.8, 4) is 5.69 Å². The zero-order valence-electron chi connectivity index (χ0n) is 16.5. The van der Waals surface area contributed by atoms with Crippen LogP contribution in [0.25, 0.3) is 23.9 Å².